The number of likely N-dealkylation sites (tertiary alicyclic amines) is 1. The second kappa shape index (κ2) is 9.18. The fraction of sp³-hybridized carbons (Fsp3) is 0.304. The van der Waals surface area contributed by atoms with Crippen LogP contribution in [0.15, 0.2) is 70.1 Å². The minimum Gasteiger partial charge on any atom is -0.484 e. The number of benzene rings is 2. The van der Waals surface area contributed by atoms with Gasteiger partial charge in [0.2, 0.25) is 0 Å². The van der Waals surface area contributed by atoms with E-state index in [1.165, 1.54) is 5.56 Å². The Bertz CT molecular complexity index is 950. The summed E-state index contributed by atoms with van der Waals surface area (Å²) in [5.41, 5.74) is 1.70. The lowest BCUT2D eigenvalue weighted by Crippen LogP contribution is -2.38. The standard InChI is InChI=1S/C23H24N2O3S/c1-29-22-10-6-5-9-21(22)27-16-19-15-20(24-28-19)23(26)25-13-11-18(12-14-25)17-7-3-2-4-8-17/h2-10,15,18H,11-14,16H2,1H3. The van der Waals surface area contributed by atoms with Gasteiger partial charge in [-0.25, -0.2) is 0 Å². The van der Waals surface area contributed by atoms with Crippen LogP contribution in [0.5, 0.6) is 5.75 Å². The summed E-state index contributed by atoms with van der Waals surface area (Å²) in [6.45, 7) is 1.71. The molecule has 150 valence electrons. The number of amides is 1. The van der Waals surface area contributed by atoms with E-state index in [9.17, 15) is 4.79 Å². The Balaban J connectivity index is 1.33. The maximum atomic E-state index is 12.8. The summed E-state index contributed by atoms with van der Waals surface area (Å²) in [5, 5.41) is 3.97. The van der Waals surface area contributed by atoms with Crippen LogP contribution < -0.4 is 4.74 Å². The number of ether oxygens (including phenoxy) is 1. The van der Waals surface area contributed by atoms with E-state index >= 15 is 0 Å². The molecule has 0 saturated carbocycles. The molecule has 0 aliphatic carbocycles. The molecule has 0 bridgehead atoms. The van der Waals surface area contributed by atoms with E-state index in [1.807, 2.05) is 41.5 Å². The molecule has 29 heavy (non-hydrogen) atoms. The summed E-state index contributed by atoms with van der Waals surface area (Å²) >= 11 is 1.63. The second-order valence-electron chi connectivity index (χ2n) is 7.10. The number of hydrogen-bond acceptors (Lipinski definition) is 5. The first-order valence-corrected chi connectivity index (χ1v) is 11.0. The summed E-state index contributed by atoms with van der Waals surface area (Å²) < 4.78 is 11.2. The van der Waals surface area contributed by atoms with Crippen LogP contribution in [0.1, 0.15) is 40.6 Å². The Morgan fingerprint density at radius 3 is 2.62 bits per heavy atom. The fourth-order valence-corrected chi connectivity index (χ4v) is 4.21. The lowest BCUT2D eigenvalue weighted by molar-refractivity contribution is 0.0702. The van der Waals surface area contributed by atoms with Crippen molar-refractivity contribution < 1.29 is 14.1 Å². The van der Waals surface area contributed by atoms with Crippen molar-refractivity contribution in [3.05, 3.63) is 77.7 Å². The van der Waals surface area contributed by atoms with Crippen LogP contribution in [-0.4, -0.2) is 35.3 Å². The normalized spacial score (nSPS) is 14.7. The predicted octanol–water partition coefficient (Wildman–Crippen LogP) is 5.00. The average Bonchev–Trinajstić information content (AvgIpc) is 3.27. The minimum atomic E-state index is -0.0731. The van der Waals surface area contributed by atoms with Gasteiger partial charge in [0.15, 0.2) is 11.5 Å². The van der Waals surface area contributed by atoms with Crippen LogP contribution >= 0.6 is 11.8 Å². The van der Waals surface area contributed by atoms with Crippen LogP contribution in [0.2, 0.25) is 0 Å². The number of thioether (sulfide) groups is 1. The molecule has 1 aliphatic heterocycles. The number of piperidine rings is 1. The van der Waals surface area contributed by atoms with Crippen molar-refractivity contribution in [3.63, 3.8) is 0 Å². The van der Waals surface area contributed by atoms with Crippen LogP contribution in [0.3, 0.4) is 0 Å². The van der Waals surface area contributed by atoms with Gasteiger partial charge in [0, 0.05) is 24.1 Å². The van der Waals surface area contributed by atoms with E-state index in [4.69, 9.17) is 9.26 Å². The van der Waals surface area contributed by atoms with Crippen molar-refractivity contribution in [2.75, 3.05) is 19.3 Å². The molecule has 1 aliphatic rings. The number of carbonyl (C=O) groups is 1. The van der Waals surface area contributed by atoms with Gasteiger partial charge in [0.05, 0.1) is 0 Å². The second-order valence-corrected chi connectivity index (χ2v) is 7.94. The van der Waals surface area contributed by atoms with Gasteiger partial charge in [0.1, 0.15) is 12.4 Å². The summed E-state index contributed by atoms with van der Waals surface area (Å²) in [6, 6.07) is 20.0. The molecule has 0 N–H and O–H groups in total. The van der Waals surface area contributed by atoms with E-state index in [-0.39, 0.29) is 12.5 Å². The van der Waals surface area contributed by atoms with Crippen molar-refractivity contribution in [2.45, 2.75) is 30.3 Å². The van der Waals surface area contributed by atoms with Crippen LogP contribution in [0.4, 0.5) is 0 Å². The Morgan fingerprint density at radius 2 is 1.86 bits per heavy atom. The molecule has 6 heteroatoms. The molecular formula is C23H24N2O3S. The van der Waals surface area contributed by atoms with Gasteiger partial charge in [0.25, 0.3) is 5.91 Å². The van der Waals surface area contributed by atoms with Gasteiger partial charge in [-0.1, -0.05) is 47.6 Å². The highest BCUT2D eigenvalue weighted by Crippen LogP contribution is 2.29. The third-order valence-corrected chi connectivity index (χ3v) is 6.05. The molecular weight excluding hydrogens is 384 g/mol. The molecule has 0 radical (unpaired) electrons. The zero-order valence-corrected chi connectivity index (χ0v) is 17.2. The quantitative estimate of drug-likeness (QED) is 0.538. The molecule has 1 amide bonds. The zero-order valence-electron chi connectivity index (χ0n) is 16.4. The lowest BCUT2D eigenvalue weighted by Gasteiger charge is -2.31. The Hall–Kier alpha value is -2.73. The molecule has 1 aromatic heterocycles. The van der Waals surface area contributed by atoms with Crippen molar-refractivity contribution in [3.8, 4) is 5.75 Å². The van der Waals surface area contributed by atoms with Crippen LogP contribution in [0, 0.1) is 0 Å². The number of rotatable bonds is 6. The van der Waals surface area contributed by atoms with E-state index in [1.54, 1.807) is 17.8 Å². The predicted molar refractivity (Wildman–Crippen MR) is 113 cm³/mol. The number of carbonyl (C=O) groups excluding carboxylic acids is 1. The summed E-state index contributed by atoms with van der Waals surface area (Å²) in [4.78, 5) is 15.7. The first kappa shape index (κ1) is 19.6. The zero-order chi connectivity index (χ0) is 20.1. The minimum absolute atomic E-state index is 0.0731. The van der Waals surface area contributed by atoms with Crippen LogP contribution in [0.25, 0.3) is 0 Å². The van der Waals surface area contributed by atoms with Crippen LogP contribution in [-0.2, 0) is 6.61 Å². The van der Waals surface area contributed by atoms with Gasteiger partial charge in [-0.05, 0) is 42.7 Å². The highest BCUT2D eigenvalue weighted by Gasteiger charge is 2.26. The summed E-state index contributed by atoms with van der Waals surface area (Å²) in [6.07, 6.45) is 3.94. The first-order chi connectivity index (χ1) is 14.2. The Morgan fingerprint density at radius 1 is 1.14 bits per heavy atom. The molecule has 5 nitrogen and oxygen atoms in total. The molecule has 3 aromatic rings. The Kier molecular flexibility index (Phi) is 6.20. The maximum absolute atomic E-state index is 12.8. The van der Waals surface area contributed by atoms with E-state index in [0.29, 0.717) is 17.4 Å². The molecule has 4 rings (SSSR count). The summed E-state index contributed by atoms with van der Waals surface area (Å²) in [7, 11) is 0. The van der Waals surface area contributed by atoms with E-state index < -0.39 is 0 Å². The SMILES string of the molecule is CSc1ccccc1OCc1cc(C(=O)N2CCC(c3ccccc3)CC2)no1. The number of para-hydroxylation sites is 1. The van der Waals surface area contributed by atoms with Gasteiger partial charge < -0.3 is 14.2 Å². The van der Waals surface area contributed by atoms with Gasteiger partial charge >= 0.3 is 0 Å². The number of nitrogens with zero attached hydrogens (tertiary/aromatic N) is 2. The molecule has 2 heterocycles. The smallest absolute Gasteiger partial charge is 0.276 e. The molecule has 1 fully saturated rings. The van der Waals surface area contributed by atoms with Crippen molar-refractivity contribution in [1.82, 2.24) is 10.1 Å². The molecule has 0 spiro atoms. The number of aromatic nitrogens is 1. The van der Waals surface area contributed by atoms with Gasteiger partial charge in [-0.2, -0.15) is 0 Å². The lowest BCUT2D eigenvalue weighted by atomic mass is 9.89. The molecule has 0 unspecified atom stereocenters. The largest absolute Gasteiger partial charge is 0.484 e. The molecule has 1 saturated heterocycles. The van der Waals surface area contributed by atoms with Crippen molar-refractivity contribution >= 4 is 17.7 Å². The number of hydrogen-bond donors (Lipinski definition) is 0. The highest BCUT2D eigenvalue weighted by molar-refractivity contribution is 7.98. The van der Waals surface area contributed by atoms with Crippen molar-refractivity contribution in [1.29, 1.82) is 0 Å². The monoisotopic (exact) mass is 408 g/mol. The van der Waals surface area contributed by atoms with E-state index in [0.717, 1.165) is 36.6 Å². The average molecular weight is 409 g/mol. The van der Waals surface area contributed by atoms with Crippen molar-refractivity contribution in [2.24, 2.45) is 0 Å². The third kappa shape index (κ3) is 4.65. The molecule has 0 atom stereocenters. The Labute approximate surface area is 175 Å². The van der Waals surface area contributed by atoms with Gasteiger partial charge in [-0.3, -0.25) is 4.79 Å². The topological polar surface area (TPSA) is 55.6 Å². The fourth-order valence-electron chi connectivity index (χ4n) is 3.67. The van der Waals surface area contributed by atoms with E-state index in [2.05, 4.69) is 29.4 Å². The van der Waals surface area contributed by atoms with Gasteiger partial charge in [-0.15, -0.1) is 11.8 Å². The third-order valence-electron chi connectivity index (χ3n) is 5.27. The summed E-state index contributed by atoms with van der Waals surface area (Å²) in [5.74, 6) is 1.78. The first-order valence-electron chi connectivity index (χ1n) is 9.80. The maximum Gasteiger partial charge on any atom is 0.276 e. The molecule has 2 aromatic carbocycles. The highest BCUT2D eigenvalue weighted by atomic mass is 32.2.